The molecule has 7 nitrogen and oxygen atoms in total. The molecule has 1 aliphatic carbocycles. The number of fused-ring (bicyclic) bond motifs is 1. The van der Waals surface area contributed by atoms with Crippen molar-refractivity contribution in [1.82, 2.24) is 4.98 Å². The van der Waals surface area contributed by atoms with Crippen molar-refractivity contribution < 1.29 is 9.15 Å². The van der Waals surface area contributed by atoms with Gasteiger partial charge in [-0.15, -0.1) is 0 Å². The fraction of sp³-hybridized carbons (Fsp3) is 0.286. The highest BCUT2D eigenvalue weighted by Gasteiger charge is 2.30. The molecule has 3 heterocycles. The summed E-state index contributed by atoms with van der Waals surface area (Å²) >= 11 is 0. The number of nitriles is 2. The molecule has 0 spiro atoms. The summed E-state index contributed by atoms with van der Waals surface area (Å²) in [6.07, 6.45) is 1.90. The van der Waals surface area contributed by atoms with Crippen LogP contribution in [0.2, 0.25) is 0 Å². The summed E-state index contributed by atoms with van der Waals surface area (Å²) in [7, 11) is 0. The Bertz CT molecular complexity index is 1110. The minimum absolute atomic E-state index is 0.146. The predicted octanol–water partition coefficient (Wildman–Crippen LogP) is 3.12. The number of rotatable bonds is 2. The number of morpholine rings is 1. The van der Waals surface area contributed by atoms with E-state index in [0.717, 1.165) is 41.2 Å². The molecule has 2 aromatic rings. The zero-order chi connectivity index (χ0) is 19.8. The van der Waals surface area contributed by atoms with Gasteiger partial charge in [-0.05, 0) is 42.7 Å². The van der Waals surface area contributed by atoms with Crippen molar-refractivity contribution in [3.63, 3.8) is 0 Å². The molecule has 1 saturated heterocycles. The van der Waals surface area contributed by atoms with Crippen LogP contribution >= 0.6 is 0 Å². The van der Waals surface area contributed by atoms with Crippen LogP contribution in [0.1, 0.15) is 35.1 Å². The number of allylic oxidation sites excluding steroid dienone is 3. The first kappa shape index (κ1) is 17.8. The van der Waals surface area contributed by atoms with Gasteiger partial charge in [0.25, 0.3) is 0 Å². The quantitative estimate of drug-likeness (QED) is 0.860. The topological polar surface area (TPSA) is 112 Å². The number of anilines is 2. The Morgan fingerprint density at radius 1 is 1.18 bits per heavy atom. The number of nitrogens with two attached hydrogens (primary N) is 1. The first-order valence-electron chi connectivity index (χ1n) is 9.01. The van der Waals surface area contributed by atoms with Gasteiger partial charge in [-0.2, -0.15) is 10.5 Å². The second-order valence-corrected chi connectivity index (χ2v) is 6.78. The average Bonchev–Trinajstić information content (AvgIpc) is 3.26. The fourth-order valence-electron chi connectivity index (χ4n) is 3.71. The number of hydrogen-bond acceptors (Lipinski definition) is 7. The number of nitrogen functional groups attached to an aromatic ring is 1. The highest BCUT2D eigenvalue weighted by atomic mass is 16.5. The summed E-state index contributed by atoms with van der Waals surface area (Å²) in [6.45, 7) is 6.65. The minimum Gasteiger partial charge on any atom is -0.441 e. The van der Waals surface area contributed by atoms with Gasteiger partial charge in [0.05, 0.1) is 30.0 Å². The molecule has 0 atom stereocenters. The van der Waals surface area contributed by atoms with E-state index in [2.05, 4.69) is 22.0 Å². The lowest BCUT2D eigenvalue weighted by molar-refractivity contribution is 0.120. The van der Waals surface area contributed by atoms with E-state index in [4.69, 9.17) is 14.9 Å². The van der Waals surface area contributed by atoms with Crippen LogP contribution in [0.4, 0.5) is 11.7 Å². The highest BCUT2D eigenvalue weighted by molar-refractivity contribution is 6.08. The van der Waals surface area contributed by atoms with Crippen LogP contribution in [-0.4, -0.2) is 31.3 Å². The molecule has 140 valence electrons. The summed E-state index contributed by atoms with van der Waals surface area (Å²) in [5.41, 5.74) is 10.4. The van der Waals surface area contributed by atoms with Crippen molar-refractivity contribution >= 4 is 28.9 Å². The Labute approximate surface area is 162 Å². The third kappa shape index (κ3) is 2.74. The Morgan fingerprint density at radius 2 is 1.93 bits per heavy atom. The molecule has 1 aliphatic heterocycles. The molecule has 2 aromatic heterocycles. The largest absolute Gasteiger partial charge is 0.441 e. The van der Waals surface area contributed by atoms with Gasteiger partial charge >= 0.3 is 0 Å². The Kier molecular flexibility index (Phi) is 4.38. The van der Waals surface area contributed by atoms with Gasteiger partial charge < -0.3 is 19.8 Å². The lowest BCUT2D eigenvalue weighted by Crippen LogP contribution is -2.35. The van der Waals surface area contributed by atoms with Crippen LogP contribution in [0.5, 0.6) is 0 Å². The van der Waals surface area contributed by atoms with Gasteiger partial charge in [-0.25, -0.2) is 4.98 Å². The second kappa shape index (κ2) is 6.88. The molecule has 0 aromatic carbocycles. The molecule has 4 rings (SSSR count). The zero-order valence-electron chi connectivity index (χ0n) is 15.7. The number of hydrogen-bond donors (Lipinski definition) is 1. The maximum Gasteiger partial charge on any atom is 0.196 e. The Morgan fingerprint density at radius 3 is 2.61 bits per heavy atom. The summed E-state index contributed by atoms with van der Waals surface area (Å²) in [5, 5.41) is 19.1. The number of aromatic nitrogens is 1. The molecule has 0 saturated carbocycles. The monoisotopic (exact) mass is 373 g/mol. The van der Waals surface area contributed by atoms with Crippen molar-refractivity contribution in [3.8, 4) is 12.1 Å². The van der Waals surface area contributed by atoms with Crippen molar-refractivity contribution in [1.29, 1.82) is 10.5 Å². The summed E-state index contributed by atoms with van der Waals surface area (Å²) in [5.74, 6) is 1.62. The number of pyridine rings is 1. The van der Waals surface area contributed by atoms with Gasteiger partial charge in [0.15, 0.2) is 5.88 Å². The normalized spacial score (nSPS) is 17.6. The molecule has 1 fully saturated rings. The van der Waals surface area contributed by atoms with E-state index in [1.54, 1.807) is 0 Å². The van der Waals surface area contributed by atoms with Crippen LogP contribution in [-0.2, 0) is 4.74 Å². The molecular weight excluding hydrogens is 354 g/mol. The van der Waals surface area contributed by atoms with Gasteiger partial charge in [-0.1, -0.05) is 0 Å². The van der Waals surface area contributed by atoms with Crippen LogP contribution in [0.3, 0.4) is 0 Å². The highest BCUT2D eigenvalue weighted by Crippen LogP contribution is 2.44. The maximum absolute atomic E-state index is 9.63. The van der Waals surface area contributed by atoms with E-state index in [-0.39, 0.29) is 5.82 Å². The lowest BCUT2D eigenvalue weighted by Gasteiger charge is -2.26. The lowest BCUT2D eigenvalue weighted by atomic mass is 9.96. The van der Waals surface area contributed by atoms with Crippen molar-refractivity contribution in [2.75, 3.05) is 36.9 Å². The molecule has 0 bridgehead atoms. The maximum atomic E-state index is 9.63. The molecule has 0 unspecified atom stereocenters. The smallest absolute Gasteiger partial charge is 0.196 e. The Balaban J connectivity index is 1.81. The summed E-state index contributed by atoms with van der Waals surface area (Å²) in [6, 6.07) is 8.17. The first-order valence-corrected chi connectivity index (χ1v) is 9.01. The van der Waals surface area contributed by atoms with Crippen molar-refractivity contribution in [2.24, 2.45) is 0 Å². The van der Waals surface area contributed by atoms with Crippen LogP contribution in [0.25, 0.3) is 17.2 Å². The van der Waals surface area contributed by atoms with Gasteiger partial charge in [0, 0.05) is 24.7 Å². The molecule has 2 N–H and O–H groups in total. The van der Waals surface area contributed by atoms with Gasteiger partial charge in [0.1, 0.15) is 23.7 Å². The van der Waals surface area contributed by atoms with E-state index >= 15 is 0 Å². The van der Waals surface area contributed by atoms with E-state index in [1.165, 1.54) is 0 Å². The van der Waals surface area contributed by atoms with Crippen molar-refractivity contribution in [2.45, 2.75) is 13.8 Å². The van der Waals surface area contributed by atoms with Crippen LogP contribution in [0.15, 0.2) is 22.1 Å². The number of furan rings is 1. The average molecular weight is 373 g/mol. The second-order valence-electron chi connectivity index (χ2n) is 6.78. The number of nitrogens with zero attached hydrogens (tertiary/aromatic N) is 4. The molecule has 28 heavy (non-hydrogen) atoms. The Hall–Kier alpha value is -3.55. The van der Waals surface area contributed by atoms with Crippen LogP contribution < -0.4 is 10.6 Å². The van der Waals surface area contributed by atoms with E-state index < -0.39 is 0 Å². The first-order chi connectivity index (χ1) is 13.5. The third-order valence-corrected chi connectivity index (χ3v) is 5.21. The summed E-state index contributed by atoms with van der Waals surface area (Å²) in [4.78, 5) is 6.48. The van der Waals surface area contributed by atoms with E-state index in [1.807, 2.05) is 32.1 Å². The predicted molar refractivity (Wildman–Crippen MR) is 106 cm³/mol. The summed E-state index contributed by atoms with van der Waals surface area (Å²) < 4.78 is 11.4. The molecule has 0 radical (unpaired) electrons. The molecular formula is C21H19N5O2. The third-order valence-electron chi connectivity index (χ3n) is 5.21. The number of ether oxygens (including phenoxy) is 1. The van der Waals surface area contributed by atoms with Gasteiger partial charge in [0.2, 0.25) is 0 Å². The standard InChI is InChI=1S/C21H19N5O2/c1-12-15(9-14-3-4-18(28-14)26-5-7-27-8-6-26)19-13(2)17(11-23)21(24)25-20(19)16(12)10-22/h3-4,9H,5-8H2,1-2H3,(H2,24,25)/b15-9-. The molecule has 0 amide bonds. The zero-order valence-corrected chi connectivity index (χ0v) is 15.7. The SMILES string of the molecule is CC1=C(C#N)c2nc(N)c(C#N)c(C)c2/C1=C\c1ccc(N2CCOCC2)o1. The van der Waals surface area contributed by atoms with E-state index in [9.17, 15) is 10.5 Å². The van der Waals surface area contributed by atoms with Crippen molar-refractivity contribution in [3.05, 3.63) is 45.9 Å². The van der Waals surface area contributed by atoms with Gasteiger partial charge in [-0.3, -0.25) is 0 Å². The fourth-order valence-corrected chi connectivity index (χ4v) is 3.71. The van der Waals surface area contributed by atoms with Crippen LogP contribution in [0, 0.1) is 29.6 Å². The minimum atomic E-state index is 0.146. The molecule has 7 heteroatoms. The molecule has 2 aliphatic rings. The van der Waals surface area contributed by atoms with E-state index in [0.29, 0.717) is 35.8 Å².